The largest absolute Gasteiger partial charge is 0.496 e. The molecule has 0 amide bonds. The molecule has 4 aromatic rings. The fourth-order valence-corrected chi connectivity index (χ4v) is 4.99. The van der Waals surface area contributed by atoms with Crippen LogP contribution in [0.2, 0.25) is 0 Å². The molecule has 0 spiro atoms. The predicted octanol–water partition coefficient (Wildman–Crippen LogP) is 5.56. The lowest BCUT2D eigenvalue weighted by molar-refractivity contribution is 0.0339. The number of fused-ring (bicyclic) bond motifs is 1. The number of nitrogens with one attached hydrogen (secondary N) is 1. The summed E-state index contributed by atoms with van der Waals surface area (Å²) in [5, 5.41) is 10.6. The van der Waals surface area contributed by atoms with Gasteiger partial charge in [0.05, 0.1) is 31.6 Å². The standard InChI is InChI=1S/C29H31N3O4/c1-18(2)24-15-19(7-8-22(24)29(33)34)21-9-10-30-28-25(21)16-26(31-28)23-6-4-5-20(27(23)35-3)17-32-11-13-36-14-12-32/h4-10,15-16,18H,11-14,17H2,1-3H3,(H,30,31)(H,33,34). The van der Waals surface area contributed by atoms with Crippen LogP contribution in [0.4, 0.5) is 0 Å². The summed E-state index contributed by atoms with van der Waals surface area (Å²) in [5.74, 6) is 0.0387. The summed E-state index contributed by atoms with van der Waals surface area (Å²) in [4.78, 5) is 22.2. The van der Waals surface area contributed by atoms with Crippen LogP contribution in [0.3, 0.4) is 0 Å². The number of hydrogen-bond donors (Lipinski definition) is 2. The second-order valence-corrected chi connectivity index (χ2v) is 9.45. The Kier molecular flexibility index (Phi) is 6.76. The Balaban J connectivity index is 1.57. The molecule has 0 atom stereocenters. The minimum atomic E-state index is -0.905. The average Bonchev–Trinajstić information content (AvgIpc) is 3.33. The second kappa shape index (κ2) is 10.1. The summed E-state index contributed by atoms with van der Waals surface area (Å²) in [6.07, 6.45) is 1.78. The number of aromatic nitrogens is 2. The van der Waals surface area contributed by atoms with Crippen molar-refractivity contribution in [1.82, 2.24) is 14.9 Å². The number of morpholine rings is 1. The van der Waals surface area contributed by atoms with E-state index in [0.29, 0.717) is 5.56 Å². The molecule has 7 heteroatoms. The fourth-order valence-electron chi connectivity index (χ4n) is 4.99. The third-order valence-corrected chi connectivity index (χ3v) is 6.84. The molecule has 186 valence electrons. The first-order chi connectivity index (χ1) is 17.5. The number of aromatic carboxylic acids is 1. The van der Waals surface area contributed by atoms with Crippen LogP contribution in [-0.4, -0.2) is 59.4 Å². The van der Waals surface area contributed by atoms with Crippen molar-refractivity contribution in [2.24, 2.45) is 0 Å². The van der Waals surface area contributed by atoms with Crippen molar-refractivity contribution in [2.45, 2.75) is 26.3 Å². The number of methoxy groups -OCH3 is 1. The SMILES string of the molecule is COc1c(CN2CCOCC2)cccc1-c1cc2c(-c3ccc(C(=O)O)c(C(C)C)c3)ccnc2[nH]1. The lowest BCUT2D eigenvalue weighted by atomic mass is 9.92. The lowest BCUT2D eigenvalue weighted by Crippen LogP contribution is -2.35. The minimum Gasteiger partial charge on any atom is -0.496 e. The Morgan fingerprint density at radius 1 is 1.14 bits per heavy atom. The van der Waals surface area contributed by atoms with Gasteiger partial charge in [0.25, 0.3) is 0 Å². The van der Waals surface area contributed by atoms with Gasteiger partial charge in [-0.3, -0.25) is 4.90 Å². The highest BCUT2D eigenvalue weighted by molar-refractivity contribution is 5.98. The molecule has 7 nitrogen and oxygen atoms in total. The molecule has 5 rings (SSSR count). The molecule has 36 heavy (non-hydrogen) atoms. The van der Waals surface area contributed by atoms with Crippen molar-refractivity contribution in [1.29, 1.82) is 0 Å². The topological polar surface area (TPSA) is 87.7 Å². The second-order valence-electron chi connectivity index (χ2n) is 9.45. The number of para-hydroxylation sites is 1. The van der Waals surface area contributed by atoms with E-state index < -0.39 is 5.97 Å². The van der Waals surface area contributed by atoms with Gasteiger partial charge in [0.2, 0.25) is 0 Å². The van der Waals surface area contributed by atoms with Gasteiger partial charge in [-0.2, -0.15) is 0 Å². The highest BCUT2D eigenvalue weighted by atomic mass is 16.5. The van der Waals surface area contributed by atoms with E-state index in [-0.39, 0.29) is 5.92 Å². The number of H-pyrrole nitrogens is 1. The number of pyridine rings is 1. The van der Waals surface area contributed by atoms with Crippen molar-refractivity contribution in [2.75, 3.05) is 33.4 Å². The van der Waals surface area contributed by atoms with Crippen LogP contribution < -0.4 is 4.74 Å². The maximum Gasteiger partial charge on any atom is 0.335 e. The van der Waals surface area contributed by atoms with Crippen molar-refractivity contribution >= 4 is 17.0 Å². The van der Waals surface area contributed by atoms with Crippen LogP contribution in [0.1, 0.15) is 41.3 Å². The van der Waals surface area contributed by atoms with Gasteiger partial charge in [0.15, 0.2) is 0 Å². The van der Waals surface area contributed by atoms with Crippen LogP contribution in [0.25, 0.3) is 33.4 Å². The van der Waals surface area contributed by atoms with E-state index in [2.05, 4.69) is 39.1 Å². The quantitative estimate of drug-likeness (QED) is 0.356. The zero-order chi connectivity index (χ0) is 25.2. The molecule has 0 saturated carbocycles. The van der Waals surface area contributed by atoms with Crippen molar-refractivity contribution in [3.05, 3.63) is 71.4 Å². The van der Waals surface area contributed by atoms with Gasteiger partial charge in [-0.1, -0.05) is 38.1 Å². The molecule has 2 aromatic heterocycles. The summed E-state index contributed by atoms with van der Waals surface area (Å²) in [6.45, 7) is 8.15. The van der Waals surface area contributed by atoms with Crippen molar-refractivity contribution in [3.63, 3.8) is 0 Å². The van der Waals surface area contributed by atoms with Gasteiger partial charge in [-0.05, 0) is 46.9 Å². The van der Waals surface area contributed by atoms with Crippen LogP contribution in [0, 0.1) is 0 Å². The van der Waals surface area contributed by atoms with Crippen LogP contribution in [0.5, 0.6) is 5.75 Å². The monoisotopic (exact) mass is 485 g/mol. The Bertz CT molecular complexity index is 1400. The van der Waals surface area contributed by atoms with Crippen molar-refractivity contribution in [3.8, 4) is 28.1 Å². The van der Waals surface area contributed by atoms with Gasteiger partial charge in [-0.15, -0.1) is 0 Å². The molecule has 0 bridgehead atoms. The van der Waals surface area contributed by atoms with E-state index in [0.717, 1.165) is 83.1 Å². The number of nitrogens with zero attached hydrogens (tertiary/aromatic N) is 2. The minimum absolute atomic E-state index is 0.0913. The van der Waals surface area contributed by atoms with Crippen LogP contribution >= 0.6 is 0 Å². The molecular formula is C29H31N3O4. The molecular weight excluding hydrogens is 454 g/mol. The highest BCUT2D eigenvalue weighted by Gasteiger charge is 2.19. The normalized spacial score (nSPS) is 14.4. The molecule has 1 fully saturated rings. The Labute approximate surface area is 210 Å². The molecule has 0 aliphatic carbocycles. The zero-order valence-corrected chi connectivity index (χ0v) is 20.9. The fraction of sp³-hybridized carbons (Fsp3) is 0.310. The maximum absolute atomic E-state index is 11.7. The van der Waals surface area contributed by atoms with Crippen LogP contribution in [0.15, 0.2) is 54.7 Å². The first-order valence-electron chi connectivity index (χ1n) is 12.3. The number of aromatic amines is 1. The summed E-state index contributed by atoms with van der Waals surface area (Å²) in [6, 6.07) is 15.9. The third kappa shape index (κ3) is 4.59. The number of ether oxygens (including phenoxy) is 2. The number of carbonyl (C=O) groups is 1. The first-order valence-corrected chi connectivity index (χ1v) is 12.3. The van der Waals surface area contributed by atoms with Crippen molar-refractivity contribution < 1.29 is 19.4 Å². The summed E-state index contributed by atoms with van der Waals surface area (Å²) in [5.41, 5.74) is 6.95. The maximum atomic E-state index is 11.7. The number of carboxylic acids is 1. The third-order valence-electron chi connectivity index (χ3n) is 6.84. The molecule has 1 saturated heterocycles. The van der Waals surface area contributed by atoms with Crippen LogP contribution in [-0.2, 0) is 11.3 Å². The van der Waals surface area contributed by atoms with E-state index in [1.165, 1.54) is 0 Å². The molecule has 0 radical (unpaired) electrons. The highest BCUT2D eigenvalue weighted by Crippen LogP contribution is 2.38. The Morgan fingerprint density at radius 2 is 1.94 bits per heavy atom. The first kappa shape index (κ1) is 24.0. The zero-order valence-electron chi connectivity index (χ0n) is 20.9. The van der Waals surface area contributed by atoms with E-state index in [4.69, 9.17) is 9.47 Å². The van der Waals surface area contributed by atoms with E-state index >= 15 is 0 Å². The number of carboxylic acid groups (broad SMARTS) is 1. The van der Waals surface area contributed by atoms with E-state index in [9.17, 15) is 9.90 Å². The smallest absolute Gasteiger partial charge is 0.335 e. The predicted molar refractivity (Wildman–Crippen MR) is 141 cm³/mol. The molecule has 1 aliphatic rings. The average molecular weight is 486 g/mol. The molecule has 3 heterocycles. The Hall–Kier alpha value is -3.68. The molecule has 2 N–H and O–H groups in total. The summed E-state index contributed by atoms with van der Waals surface area (Å²) < 4.78 is 11.4. The summed E-state index contributed by atoms with van der Waals surface area (Å²) in [7, 11) is 1.71. The van der Waals surface area contributed by atoms with Gasteiger partial charge in [0, 0.05) is 42.3 Å². The number of benzene rings is 2. The van der Waals surface area contributed by atoms with Gasteiger partial charge >= 0.3 is 5.97 Å². The summed E-state index contributed by atoms with van der Waals surface area (Å²) >= 11 is 0. The molecule has 0 unspecified atom stereocenters. The lowest BCUT2D eigenvalue weighted by Gasteiger charge is -2.27. The van der Waals surface area contributed by atoms with Gasteiger partial charge in [0.1, 0.15) is 11.4 Å². The van der Waals surface area contributed by atoms with Gasteiger partial charge in [-0.25, -0.2) is 9.78 Å². The number of rotatable bonds is 7. The Morgan fingerprint density at radius 3 is 2.67 bits per heavy atom. The van der Waals surface area contributed by atoms with E-state index in [1.54, 1.807) is 19.4 Å². The van der Waals surface area contributed by atoms with Gasteiger partial charge < -0.3 is 19.6 Å². The van der Waals surface area contributed by atoms with E-state index in [1.807, 2.05) is 32.0 Å². The number of hydrogen-bond acceptors (Lipinski definition) is 5. The molecule has 2 aromatic carbocycles. The molecule has 1 aliphatic heterocycles.